The van der Waals surface area contributed by atoms with Crippen molar-refractivity contribution in [3.63, 3.8) is 0 Å². The van der Waals surface area contributed by atoms with Crippen LogP contribution < -0.4 is 10.1 Å². The summed E-state index contributed by atoms with van der Waals surface area (Å²) in [5, 5.41) is 11.9. The highest BCUT2D eigenvalue weighted by molar-refractivity contribution is 5.94. The summed E-state index contributed by atoms with van der Waals surface area (Å²) in [6.45, 7) is 0.446. The summed E-state index contributed by atoms with van der Waals surface area (Å²) in [5.41, 5.74) is -0.0537. The van der Waals surface area contributed by atoms with Gasteiger partial charge in [0.1, 0.15) is 11.6 Å². The number of carbonyl (C=O) groups excluding carboxylic acids is 1. The van der Waals surface area contributed by atoms with Gasteiger partial charge in [-0.15, -0.1) is 0 Å². The third-order valence-corrected chi connectivity index (χ3v) is 2.54. The molecule has 0 heterocycles. The van der Waals surface area contributed by atoms with Crippen LogP contribution in [-0.4, -0.2) is 44.5 Å². The van der Waals surface area contributed by atoms with Crippen molar-refractivity contribution >= 4 is 5.91 Å². The first-order valence-corrected chi connectivity index (χ1v) is 5.87. The zero-order valence-corrected chi connectivity index (χ0v) is 11.0. The van der Waals surface area contributed by atoms with E-state index >= 15 is 0 Å². The van der Waals surface area contributed by atoms with Gasteiger partial charge in [-0.3, -0.25) is 4.79 Å². The predicted molar refractivity (Wildman–Crippen MR) is 67.8 cm³/mol. The average molecular weight is 271 g/mol. The standard InChI is InChI=1S/C13H18FNO4/c1-18-8-9(16)5-6-15-13(17)11-4-3-10(19-2)7-12(11)14/h3-4,7,9,16H,5-6,8H2,1-2H3,(H,15,17). The Morgan fingerprint density at radius 1 is 1.47 bits per heavy atom. The van der Waals surface area contributed by atoms with Gasteiger partial charge in [0.25, 0.3) is 5.91 Å². The zero-order valence-electron chi connectivity index (χ0n) is 11.0. The van der Waals surface area contributed by atoms with E-state index in [-0.39, 0.29) is 18.7 Å². The molecule has 106 valence electrons. The molecule has 1 rings (SSSR count). The molecule has 5 nitrogen and oxygen atoms in total. The Balaban J connectivity index is 2.50. The normalized spacial score (nSPS) is 12.0. The Kier molecular flexibility index (Phi) is 6.24. The number of aliphatic hydroxyl groups excluding tert-OH is 1. The van der Waals surface area contributed by atoms with Gasteiger partial charge in [0.2, 0.25) is 0 Å². The molecular formula is C13H18FNO4. The van der Waals surface area contributed by atoms with E-state index in [1.807, 2.05) is 0 Å². The van der Waals surface area contributed by atoms with Crippen molar-refractivity contribution in [2.75, 3.05) is 27.4 Å². The molecule has 0 spiro atoms. The Bertz CT molecular complexity index is 425. The fourth-order valence-electron chi connectivity index (χ4n) is 1.53. The van der Waals surface area contributed by atoms with Gasteiger partial charge in [-0.25, -0.2) is 4.39 Å². The number of halogens is 1. The Hall–Kier alpha value is -1.66. The van der Waals surface area contributed by atoms with E-state index in [1.165, 1.54) is 26.4 Å². The number of methoxy groups -OCH3 is 2. The van der Waals surface area contributed by atoms with Crippen LogP contribution in [-0.2, 0) is 4.74 Å². The molecule has 1 unspecified atom stereocenters. The lowest BCUT2D eigenvalue weighted by atomic mass is 10.2. The minimum Gasteiger partial charge on any atom is -0.497 e. The number of amides is 1. The van der Waals surface area contributed by atoms with Gasteiger partial charge in [-0.2, -0.15) is 0 Å². The third kappa shape index (κ3) is 4.84. The molecule has 0 fully saturated rings. The van der Waals surface area contributed by atoms with Crippen LogP contribution in [0.3, 0.4) is 0 Å². The van der Waals surface area contributed by atoms with Crippen molar-refractivity contribution in [3.05, 3.63) is 29.6 Å². The van der Waals surface area contributed by atoms with Gasteiger partial charge < -0.3 is 19.9 Å². The van der Waals surface area contributed by atoms with Crippen LogP contribution in [0.25, 0.3) is 0 Å². The summed E-state index contributed by atoms with van der Waals surface area (Å²) in [7, 11) is 2.90. The molecular weight excluding hydrogens is 253 g/mol. The first-order valence-electron chi connectivity index (χ1n) is 5.87. The maximum atomic E-state index is 13.6. The van der Waals surface area contributed by atoms with Crippen LogP contribution in [0.2, 0.25) is 0 Å². The zero-order chi connectivity index (χ0) is 14.3. The van der Waals surface area contributed by atoms with Crippen LogP contribution in [0.15, 0.2) is 18.2 Å². The number of nitrogens with one attached hydrogen (secondary N) is 1. The van der Waals surface area contributed by atoms with E-state index in [1.54, 1.807) is 0 Å². The van der Waals surface area contributed by atoms with Gasteiger partial charge in [-0.05, 0) is 18.6 Å². The van der Waals surface area contributed by atoms with Gasteiger partial charge in [-0.1, -0.05) is 0 Å². The molecule has 19 heavy (non-hydrogen) atoms. The average Bonchev–Trinajstić information content (AvgIpc) is 2.38. The highest BCUT2D eigenvalue weighted by Gasteiger charge is 2.12. The molecule has 0 aliphatic carbocycles. The molecule has 1 aromatic carbocycles. The SMILES string of the molecule is COCC(O)CCNC(=O)c1ccc(OC)cc1F. The Labute approximate surface area is 111 Å². The smallest absolute Gasteiger partial charge is 0.254 e. The molecule has 0 radical (unpaired) electrons. The van der Waals surface area contributed by atoms with Gasteiger partial charge >= 0.3 is 0 Å². The fraction of sp³-hybridized carbons (Fsp3) is 0.462. The summed E-state index contributed by atoms with van der Waals surface area (Å²) in [6.07, 6.45) is -0.303. The summed E-state index contributed by atoms with van der Waals surface area (Å²) in [5.74, 6) is -0.816. The van der Waals surface area contributed by atoms with Crippen LogP contribution >= 0.6 is 0 Å². The van der Waals surface area contributed by atoms with E-state index in [2.05, 4.69) is 5.32 Å². The Morgan fingerprint density at radius 2 is 2.21 bits per heavy atom. The van der Waals surface area contributed by atoms with Crippen LogP contribution in [0.4, 0.5) is 4.39 Å². The maximum Gasteiger partial charge on any atom is 0.254 e. The van der Waals surface area contributed by atoms with Crippen molar-refractivity contribution in [2.24, 2.45) is 0 Å². The van der Waals surface area contributed by atoms with Gasteiger partial charge in [0, 0.05) is 19.7 Å². The quantitative estimate of drug-likeness (QED) is 0.775. The van der Waals surface area contributed by atoms with E-state index in [0.29, 0.717) is 12.2 Å². The third-order valence-electron chi connectivity index (χ3n) is 2.54. The lowest BCUT2D eigenvalue weighted by Crippen LogP contribution is -2.29. The summed E-state index contributed by atoms with van der Waals surface area (Å²) < 4.78 is 23.2. The number of carbonyl (C=O) groups is 1. The second-order valence-electron chi connectivity index (χ2n) is 4.00. The van der Waals surface area contributed by atoms with E-state index in [9.17, 15) is 14.3 Å². The topological polar surface area (TPSA) is 67.8 Å². The largest absolute Gasteiger partial charge is 0.497 e. The Morgan fingerprint density at radius 3 is 2.79 bits per heavy atom. The highest BCUT2D eigenvalue weighted by atomic mass is 19.1. The first kappa shape index (κ1) is 15.4. The van der Waals surface area contributed by atoms with Crippen LogP contribution in [0, 0.1) is 5.82 Å². The second kappa shape index (κ2) is 7.70. The molecule has 2 N–H and O–H groups in total. The van der Waals surface area contributed by atoms with E-state index < -0.39 is 17.8 Å². The lowest BCUT2D eigenvalue weighted by Gasteiger charge is -2.10. The molecule has 0 saturated carbocycles. The van der Waals surface area contributed by atoms with Crippen molar-refractivity contribution < 1.29 is 23.8 Å². The van der Waals surface area contributed by atoms with Crippen molar-refractivity contribution in [1.82, 2.24) is 5.32 Å². The van der Waals surface area contributed by atoms with Crippen LogP contribution in [0.1, 0.15) is 16.8 Å². The number of ether oxygens (including phenoxy) is 2. The highest BCUT2D eigenvalue weighted by Crippen LogP contribution is 2.16. The van der Waals surface area contributed by atoms with Crippen molar-refractivity contribution in [1.29, 1.82) is 0 Å². The second-order valence-corrected chi connectivity index (χ2v) is 4.00. The van der Waals surface area contributed by atoms with Gasteiger partial charge in [0.05, 0.1) is 25.4 Å². The number of hydrogen-bond donors (Lipinski definition) is 2. The molecule has 0 aliphatic rings. The molecule has 0 saturated heterocycles. The first-order chi connectivity index (χ1) is 9.08. The number of hydrogen-bond acceptors (Lipinski definition) is 4. The molecule has 0 aromatic heterocycles. The summed E-state index contributed by atoms with van der Waals surface area (Å²) in [4.78, 5) is 11.7. The molecule has 0 aliphatic heterocycles. The molecule has 0 bridgehead atoms. The maximum absolute atomic E-state index is 13.6. The monoisotopic (exact) mass is 271 g/mol. The predicted octanol–water partition coefficient (Wildman–Crippen LogP) is 0.961. The lowest BCUT2D eigenvalue weighted by molar-refractivity contribution is 0.0587. The molecule has 1 amide bonds. The van der Waals surface area contributed by atoms with Crippen LogP contribution in [0.5, 0.6) is 5.75 Å². The molecule has 6 heteroatoms. The minimum absolute atomic E-state index is 0.0537. The van der Waals surface area contributed by atoms with E-state index in [0.717, 1.165) is 6.07 Å². The van der Waals surface area contributed by atoms with Crippen molar-refractivity contribution in [2.45, 2.75) is 12.5 Å². The number of benzene rings is 1. The van der Waals surface area contributed by atoms with Gasteiger partial charge in [0.15, 0.2) is 0 Å². The van der Waals surface area contributed by atoms with Crippen molar-refractivity contribution in [3.8, 4) is 5.75 Å². The summed E-state index contributed by atoms with van der Waals surface area (Å²) >= 11 is 0. The minimum atomic E-state index is -0.647. The summed E-state index contributed by atoms with van der Waals surface area (Å²) in [6, 6.07) is 4.02. The number of rotatable bonds is 7. The number of aliphatic hydroxyl groups is 1. The van der Waals surface area contributed by atoms with E-state index in [4.69, 9.17) is 9.47 Å². The molecule has 1 aromatic rings. The fourth-order valence-corrected chi connectivity index (χ4v) is 1.53. The molecule has 1 atom stereocenters.